The number of nitrogens with zero attached hydrogens (tertiary/aromatic N) is 2. The van der Waals surface area contributed by atoms with E-state index in [0.717, 1.165) is 0 Å². The predicted octanol–water partition coefficient (Wildman–Crippen LogP) is 2.02. The van der Waals surface area contributed by atoms with E-state index in [2.05, 4.69) is 10.3 Å². The minimum atomic E-state index is -0.990. The highest BCUT2D eigenvalue weighted by Crippen LogP contribution is 2.26. The number of halogens is 1. The van der Waals surface area contributed by atoms with E-state index >= 15 is 0 Å². The summed E-state index contributed by atoms with van der Waals surface area (Å²) in [7, 11) is 0. The molecule has 1 aromatic rings. The molecule has 21 heavy (non-hydrogen) atoms. The van der Waals surface area contributed by atoms with Crippen molar-refractivity contribution in [2.75, 3.05) is 0 Å². The summed E-state index contributed by atoms with van der Waals surface area (Å²) in [6.07, 6.45) is 1.24. The van der Waals surface area contributed by atoms with E-state index in [1.807, 2.05) is 0 Å². The van der Waals surface area contributed by atoms with Gasteiger partial charge in [-0.3, -0.25) is 19.7 Å². The van der Waals surface area contributed by atoms with Crippen LogP contribution in [0.5, 0.6) is 0 Å². The van der Waals surface area contributed by atoms with E-state index in [1.54, 1.807) is 13.8 Å². The van der Waals surface area contributed by atoms with Crippen LogP contribution in [0.2, 0.25) is 5.15 Å². The zero-order valence-electron chi connectivity index (χ0n) is 11.4. The molecule has 0 fully saturated rings. The molecule has 0 radical (unpaired) electrons. The average molecular weight is 316 g/mol. The standard InChI is InChI=1S/C12H14ClN3O5/c1-12(2,5-3-8(17)18)15-11(19)7-4-6-14-10(13)9(7)16(20)21/h4,6H,3,5H2,1-2H3,(H,15,19)(H,17,18). The summed E-state index contributed by atoms with van der Waals surface area (Å²) in [5, 5.41) is 21.8. The number of pyridine rings is 1. The SMILES string of the molecule is CC(C)(CCC(=O)O)NC(=O)c1ccnc(Cl)c1[N+](=O)[O-]. The van der Waals surface area contributed by atoms with Gasteiger partial charge in [-0.15, -0.1) is 0 Å². The summed E-state index contributed by atoms with van der Waals surface area (Å²) in [6, 6.07) is 1.19. The molecule has 0 aliphatic carbocycles. The number of aliphatic carboxylic acids is 1. The Morgan fingerprint density at radius 2 is 2.14 bits per heavy atom. The van der Waals surface area contributed by atoms with Gasteiger partial charge in [0.2, 0.25) is 5.15 Å². The summed E-state index contributed by atoms with van der Waals surface area (Å²) >= 11 is 5.63. The molecule has 1 heterocycles. The van der Waals surface area contributed by atoms with Gasteiger partial charge in [-0.05, 0) is 26.3 Å². The van der Waals surface area contributed by atoms with Crippen molar-refractivity contribution < 1.29 is 19.6 Å². The summed E-state index contributed by atoms with van der Waals surface area (Å²) < 4.78 is 0. The first-order valence-corrected chi connectivity index (χ1v) is 6.35. The molecule has 1 aromatic heterocycles. The maximum atomic E-state index is 12.1. The first-order valence-electron chi connectivity index (χ1n) is 5.97. The van der Waals surface area contributed by atoms with Gasteiger partial charge in [0.05, 0.1) is 4.92 Å². The Hall–Kier alpha value is -2.22. The molecule has 8 nitrogen and oxygen atoms in total. The van der Waals surface area contributed by atoms with Crippen LogP contribution in [0.4, 0.5) is 5.69 Å². The number of amides is 1. The number of nitro groups is 1. The molecule has 0 saturated carbocycles. The van der Waals surface area contributed by atoms with Crippen LogP contribution in [0.15, 0.2) is 12.3 Å². The first kappa shape index (κ1) is 16.8. The van der Waals surface area contributed by atoms with Crippen LogP contribution in [0.25, 0.3) is 0 Å². The highest BCUT2D eigenvalue weighted by Gasteiger charge is 2.28. The van der Waals surface area contributed by atoms with Gasteiger partial charge in [0.25, 0.3) is 5.91 Å². The fourth-order valence-corrected chi connectivity index (χ4v) is 1.87. The molecule has 9 heteroatoms. The zero-order valence-corrected chi connectivity index (χ0v) is 12.2. The van der Waals surface area contributed by atoms with Crippen LogP contribution in [0, 0.1) is 10.1 Å². The Kier molecular flexibility index (Phi) is 5.20. The molecule has 0 unspecified atom stereocenters. The normalized spacial score (nSPS) is 11.0. The zero-order chi connectivity index (χ0) is 16.2. The lowest BCUT2D eigenvalue weighted by molar-refractivity contribution is -0.385. The van der Waals surface area contributed by atoms with E-state index in [4.69, 9.17) is 16.7 Å². The van der Waals surface area contributed by atoms with Crippen molar-refractivity contribution in [2.24, 2.45) is 0 Å². The van der Waals surface area contributed by atoms with Crippen LogP contribution >= 0.6 is 11.6 Å². The number of rotatable bonds is 6. The largest absolute Gasteiger partial charge is 0.481 e. The molecule has 0 bridgehead atoms. The summed E-state index contributed by atoms with van der Waals surface area (Å²) in [4.78, 5) is 36.4. The number of carboxylic acid groups (broad SMARTS) is 1. The molecular weight excluding hydrogens is 302 g/mol. The Labute approximate surface area is 125 Å². The molecule has 2 N–H and O–H groups in total. The van der Waals surface area contributed by atoms with E-state index in [9.17, 15) is 19.7 Å². The van der Waals surface area contributed by atoms with Crippen molar-refractivity contribution in [1.29, 1.82) is 0 Å². The van der Waals surface area contributed by atoms with Crippen LogP contribution in [-0.2, 0) is 4.79 Å². The van der Waals surface area contributed by atoms with Gasteiger partial charge in [-0.2, -0.15) is 0 Å². The minimum absolute atomic E-state index is 0.132. The van der Waals surface area contributed by atoms with Crippen LogP contribution < -0.4 is 5.32 Å². The molecule has 1 amide bonds. The second kappa shape index (κ2) is 6.49. The lowest BCUT2D eigenvalue weighted by atomic mass is 9.97. The van der Waals surface area contributed by atoms with Crippen molar-refractivity contribution in [3.8, 4) is 0 Å². The molecule has 0 aromatic carbocycles. The van der Waals surface area contributed by atoms with Crippen molar-refractivity contribution in [2.45, 2.75) is 32.2 Å². The highest BCUT2D eigenvalue weighted by atomic mass is 35.5. The Balaban J connectivity index is 2.97. The molecular formula is C12H14ClN3O5. The Bertz CT molecular complexity index is 588. The van der Waals surface area contributed by atoms with Crippen LogP contribution in [0.3, 0.4) is 0 Å². The van der Waals surface area contributed by atoms with Gasteiger partial charge in [0.1, 0.15) is 5.56 Å². The smallest absolute Gasteiger partial charge is 0.319 e. The number of hydrogen-bond acceptors (Lipinski definition) is 5. The topological polar surface area (TPSA) is 122 Å². The maximum absolute atomic E-state index is 12.1. The van der Waals surface area contributed by atoms with Crippen LogP contribution in [0.1, 0.15) is 37.0 Å². The van der Waals surface area contributed by atoms with Crippen molar-refractivity contribution in [1.82, 2.24) is 10.3 Å². The number of nitrogens with one attached hydrogen (secondary N) is 1. The third kappa shape index (κ3) is 4.67. The number of carbonyl (C=O) groups excluding carboxylic acids is 1. The summed E-state index contributed by atoms with van der Waals surface area (Å²) in [5.41, 5.74) is -1.63. The maximum Gasteiger partial charge on any atom is 0.319 e. The summed E-state index contributed by atoms with van der Waals surface area (Å²) in [5.74, 6) is -1.70. The van der Waals surface area contributed by atoms with E-state index < -0.39 is 28.0 Å². The van der Waals surface area contributed by atoms with Gasteiger partial charge in [0, 0.05) is 18.2 Å². The average Bonchev–Trinajstić information content (AvgIpc) is 2.35. The van der Waals surface area contributed by atoms with Gasteiger partial charge in [-0.25, -0.2) is 4.98 Å². The fourth-order valence-electron chi connectivity index (χ4n) is 1.64. The molecule has 0 aliphatic heterocycles. The minimum Gasteiger partial charge on any atom is -0.481 e. The number of hydrogen-bond donors (Lipinski definition) is 2. The van der Waals surface area contributed by atoms with Gasteiger partial charge in [0.15, 0.2) is 0 Å². The van der Waals surface area contributed by atoms with Crippen molar-refractivity contribution in [3.63, 3.8) is 0 Å². The van der Waals surface area contributed by atoms with Crippen molar-refractivity contribution >= 4 is 29.2 Å². The molecule has 0 aliphatic rings. The van der Waals surface area contributed by atoms with Gasteiger partial charge >= 0.3 is 11.7 Å². The number of carbonyl (C=O) groups is 2. The Morgan fingerprint density at radius 3 is 2.67 bits per heavy atom. The molecule has 0 spiro atoms. The molecule has 0 saturated heterocycles. The lowest BCUT2D eigenvalue weighted by Gasteiger charge is -2.25. The van der Waals surface area contributed by atoms with E-state index in [-0.39, 0.29) is 23.6 Å². The third-order valence-electron chi connectivity index (χ3n) is 2.72. The fraction of sp³-hybridized carbons (Fsp3) is 0.417. The van der Waals surface area contributed by atoms with Gasteiger partial charge < -0.3 is 10.4 Å². The highest BCUT2D eigenvalue weighted by molar-refractivity contribution is 6.32. The van der Waals surface area contributed by atoms with Crippen LogP contribution in [-0.4, -0.2) is 32.4 Å². The van der Waals surface area contributed by atoms with Crippen molar-refractivity contribution in [3.05, 3.63) is 33.1 Å². The van der Waals surface area contributed by atoms with E-state index in [1.165, 1.54) is 12.3 Å². The molecule has 0 atom stereocenters. The summed E-state index contributed by atoms with van der Waals surface area (Å²) in [6.45, 7) is 3.25. The Morgan fingerprint density at radius 1 is 1.52 bits per heavy atom. The van der Waals surface area contributed by atoms with E-state index in [0.29, 0.717) is 0 Å². The lowest BCUT2D eigenvalue weighted by Crippen LogP contribution is -2.43. The second-order valence-corrected chi connectivity index (χ2v) is 5.34. The number of carboxylic acids is 1. The molecule has 114 valence electrons. The monoisotopic (exact) mass is 315 g/mol. The third-order valence-corrected chi connectivity index (χ3v) is 3.00. The predicted molar refractivity (Wildman–Crippen MR) is 74.3 cm³/mol. The molecule has 1 rings (SSSR count). The van der Waals surface area contributed by atoms with Gasteiger partial charge in [-0.1, -0.05) is 11.6 Å². The number of aromatic nitrogens is 1. The second-order valence-electron chi connectivity index (χ2n) is 4.99. The first-order chi connectivity index (χ1) is 9.64. The quantitative estimate of drug-likeness (QED) is 0.470.